The highest BCUT2D eigenvalue weighted by molar-refractivity contribution is 14.0. The molecule has 0 heterocycles. The van der Waals surface area contributed by atoms with E-state index in [0.717, 1.165) is 13.1 Å². The molecule has 116 valence electrons. The van der Waals surface area contributed by atoms with Gasteiger partial charge in [0.05, 0.1) is 6.26 Å². The summed E-state index contributed by atoms with van der Waals surface area (Å²) in [5.74, 6) is 0.530. The molecule has 0 aliphatic heterocycles. The van der Waals surface area contributed by atoms with Gasteiger partial charge in [-0.15, -0.1) is 24.0 Å². The van der Waals surface area contributed by atoms with Crippen molar-refractivity contribution in [3.05, 3.63) is 0 Å². The first-order valence-electron chi connectivity index (χ1n) is 6.36. The predicted octanol–water partition coefficient (Wildman–Crippen LogP) is 0.932. The number of guanidine groups is 1. The molecule has 0 saturated heterocycles. The Labute approximate surface area is 134 Å². The standard InChI is InChI=1S/C11H26N4O2S.HI/c1-5-14(6-2)11(12)13-9-8-10-15(7-3)18(4,16)17;/h5-10H2,1-4H3,(H2,12,13);1H. The fourth-order valence-electron chi connectivity index (χ4n) is 1.65. The molecular formula is C11H27IN4O2S. The normalized spacial score (nSPS) is 12.4. The third kappa shape index (κ3) is 8.64. The molecule has 2 N–H and O–H groups in total. The van der Waals surface area contributed by atoms with E-state index in [-0.39, 0.29) is 24.0 Å². The highest BCUT2D eigenvalue weighted by Crippen LogP contribution is 1.99. The molecule has 0 radical (unpaired) electrons. The summed E-state index contributed by atoms with van der Waals surface area (Å²) in [6, 6.07) is 0. The summed E-state index contributed by atoms with van der Waals surface area (Å²) < 4.78 is 24.1. The van der Waals surface area contributed by atoms with Crippen LogP contribution in [0.3, 0.4) is 0 Å². The summed E-state index contributed by atoms with van der Waals surface area (Å²) in [4.78, 5) is 6.22. The Balaban J connectivity index is 0. The van der Waals surface area contributed by atoms with Gasteiger partial charge in [0.25, 0.3) is 0 Å². The van der Waals surface area contributed by atoms with Crippen molar-refractivity contribution in [1.29, 1.82) is 0 Å². The van der Waals surface area contributed by atoms with Crippen LogP contribution in [-0.4, -0.2) is 62.6 Å². The lowest BCUT2D eigenvalue weighted by molar-refractivity contribution is 0.425. The van der Waals surface area contributed by atoms with Gasteiger partial charge in [0.15, 0.2) is 5.96 Å². The van der Waals surface area contributed by atoms with Crippen LogP contribution >= 0.6 is 24.0 Å². The van der Waals surface area contributed by atoms with Gasteiger partial charge in [-0.1, -0.05) is 6.92 Å². The molecule has 0 atom stereocenters. The van der Waals surface area contributed by atoms with Crippen LogP contribution in [0.5, 0.6) is 0 Å². The van der Waals surface area contributed by atoms with Crippen LogP contribution in [0.4, 0.5) is 0 Å². The smallest absolute Gasteiger partial charge is 0.211 e. The Morgan fingerprint density at radius 1 is 1.16 bits per heavy atom. The third-order valence-corrected chi connectivity index (χ3v) is 4.13. The van der Waals surface area contributed by atoms with Crippen LogP contribution < -0.4 is 5.73 Å². The monoisotopic (exact) mass is 406 g/mol. The van der Waals surface area contributed by atoms with Crippen LogP contribution in [0.2, 0.25) is 0 Å². The number of sulfonamides is 1. The fourth-order valence-corrected chi connectivity index (χ4v) is 2.58. The second-order valence-corrected chi connectivity index (χ2v) is 6.00. The van der Waals surface area contributed by atoms with Crippen molar-refractivity contribution < 1.29 is 8.42 Å². The van der Waals surface area contributed by atoms with E-state index in [4.69, 9.17) is 5.73 Å². The maximum Gasteiger partial charge on any atom is 0.211 e. The lowest BCUT2D eigenvalue weighted by Crippen LogP contribution is -2.37. The Kier molecular flexibility index (Phi) is 11.9. The van der Waals surface area contributed by atoms with Crippen molar-refractivity contribution in [3.8, 4) is 0 Å². The molecule has 0 unspecified atom stereocenters. The van der Waals surface area contributed by atoms with Crippen molar-refractivity contribution >= 4 is 40.0 Å². The van der Waals surface area contributed by atoms with Gasteiger partial charge in [0.2, 0.25) is 10.0 Å². The highest BCUT2D eigenvalue weighted by Gasteiger charge is 2.13. The quantitative estimate of drug-likeness (QED) is 0.282. The molecule has 0 saturated carbocycles. The van der Waals surface area contributed by atoms with Crippen molar-refractivity contribution in [2.75, 3.05) is 39.0 Å². The number of nitrogens with two attached hydrogens (primary N) is 1. The van der Waals surface area contributed by atoms with E-state index in [1.54, 1.807) is 0 Å². The summed E-state index contributed by atoms with van der Waals surface area (Å²) in [5, 5.41) is 0. The van der Waals surface area contributed by atoms with E-state index in [9.17, 15) is 8.42 Å². The number of aliphatic imine (C=N–C) groups is 1. The molecule has 0 aromatic carbocycles. The molecule has 0 bridgehead atoms. The first-order chi connectivity index (χ1) is 8.36. The van der Waals surface area contributed by atoms with Gasteiger partial charge < -0.3 is 10.6 Å². The maximum absolute atomic E-state index is 11.3. The summed E-state index contributed by atoms with van der Waals surface area (Å²) in [5.41, 5.74) is 5.82. The molecule has 6 nitrogen and oxygen atoms in total. The van der Waals surface area contributed by atoms with E-state index < -0.39 is 10.0 Å². The first kappa shape index (κ1) is 21.2. The van der Waals surface area contributed by atoms with E-state index in [2.05, 4.69) is 4.99 Å². The Bertz CT molecular complexity index is 356. The second-order valence-electron chi connectivity index (χ2n) is 4.02. The van der Waals surface area contributed by atoms with E-state index >= 15 is 0 Å². The van der Waals surface area contributed by atoms with Gasteiger partial charge in [0.1, 0.15) is 0 Å². The van der Waals surface area contributed by atoms with Gasteiger partial charge in [-0.25, -0.2) is 12.7 Å². The minimum absolute atomic E-state index is 0. The average molecular weight is 406 g/mol. The largest absolute Gasteiger partial charge is 0.370 e. The minimum Gasteiger partial charge on any atom is -0.370 e. The molecule has 0 aromatic rings. The van der Waals surface area contributed by atoms with Crippen LogP contribution in [0.15, 0.2) is 4.99 Å². The molecule has 0 fully saturated rings. The van der Waals surface area contributed by atoms with Gasteiger partial charge in [-0.2, -0.15) is 0 Å². The molecule has 0 rings (SSSR count). The third-order valence-electron chi connectivity index (χ3n) is 2.75. The molecular weight excluding hydrogens is 379 g/mol. The Hall–Kier alpha value is -0.0900. The molecule has 8 heteroatoms. The van der Waals surface area contributed by atoms with Gasteiger partial charge in [-0.05, 0) is 20.3 Å². The minimum atomic E-state index is -3.10. The fraction of sp³-hybridized carbons (Fsp3) is 0.909. The first-order valence-corrected chi connectivity index (χ1v) is 8.21. The van der Waals surface area contributed by atoms with Crippen LogP contribution in [0.1, 0.15) is 27.2 Å². The van der Waals surface area contributed by atoms with Crippen molar-refractivity contribution in [2.45, 2.75) is 27.2 Å². The zero-order chi connectivity index (χ0) is 14.2. The van der Waals surface area contributed by atoms with Gasteiger partial charge in [-0.3, -0.25) is 4.99 Å². The van der Waals surface area contributed by atoms with E-state index in [0.29, 0.717) is 32.0 Å². The highest BCUT2D eigenvalue weighted by atomic mass is 127. The van der Waals surface area contributed by atoms with E-state index in [1.165, 1.54) is 10.6 Å². The average Bonchev–Trinajstić information content (AvgIpc) is 2.28. The molecule has 0 amide bonds. The SMILES string of the molecule is CCN(CC)C(N)=NCCCN(CC)S(C)(=O)=O.I. The van der Waals surface area contributed by atoms with Gasteiger partial charge >= 0.3 is 0 Å². The van der Waals surface area contributed by atoms with Crippen molar-refractivity contribution in [2.24, 2.45) is 10.7 Å². The molecule has 0 aromatic heterocycles. The summed E-state index contributed by atoms with van der Waals surface area (Å²) in [6.45, 7) is 9.07. The van der Waals surface area contributed by atoms with Crippen LogP contribution in [0, 0.1) is 0 Å². The molecule has 0 spiro atoms. The zero-order valence-electron chi connectivity index (χ0n) is 12.3. The van der Waals surface area contributed by atoms with Crippen molar-refractivity contribution in [1.82, 2.24) is 9.21 Å². The van der Waals surface area contributed by atoms with Crippen LogP contribution in [-0.2, 0) is 10.0 Å². The van der Waals surface area contributed by atoms with Crippen LogP contribution in [0.25, 0.3) is 0 Å². The number of hydrogen-bond acceptors (Lipinski definition) is 3. The second kappa shape index (κ2) is 10.7. The zero-order valence-corrected chi connectivity index (χ0v) is 15.4. The summed E-state index contributed by atoms with van der Waals surface area (Å²) in [7, 11) is -3.10. The van der Waals surface area contributed by atoms with Crippen molar-refractivity contribution in [3.63, 3.8) is 0 Å². The molecule has 0 aliphatic rings. The predicted molar refractivity (Wildman–Crippen MR) is 91.5 cm³/mol. The number of hydrogen-bond donors (Lipinski definition) is 1. The Morgan fingerprint density at radius 3 is 2.05 bits per heavy atom. The molecule has 19 heavy (non-hydrogen) atoms. The van der Waals surface area contributed by atoms with E-state index in [1.807, 2.05) is 25.7 Å². The summed E-state index contributed by atoms with van der Waals surface area (Å²) in [6.07, 6.45) is 1.91. The lowest BCUT2D eigenvalue weighted by Gasteiger charge is -2.20. The number of nitrogens with zero attached hydrogens (tertiary/aromatic N) is 3. The van der Waals surface area contributed by atoms with Gasteiger partial charge in [0, 0.05) is 32.7 Å². The number of rotatable bonds is 8. The Morgan fingerprint density at radius 2 is 1.68 bits per heavy atom. The molecule has 0 aliphatic carbocycles. The maximum atomic E-state index is 11.3. The topological polar surface area (TPSA) is 79.0 Å². The summed E-state index contributed by atoms with van der Waals surface area (Å²) >= 11 is 0. The lowest BCUT2D eigenvalue weighted by atomic mass is 10.4. The number of halogens is 1.